The number of methoxy groups -OCH3 is 2. The van der Waals surface area contributed by atoms with E-state index in [1.54, 1.807) is 41.5 Å². The van der Waals surface area contributed by atoms with Gasteiger partial charge in [0.2, 0.25) is 0 Å². The molecule has 0 spiro atoms. The first-order chi connectivity index (χ1) is 29.3. The molecular formula is C45H75N3O15. The number of hydrogen-bond acceptors (Lipinski definition) is 17. The lowest BCUT2D eigenvalue weighted by molar-refractivity contribution is -0.319. The van der Waals surface area contributed by atoms with Crippen LogP contribution in [0.1, 0.15) is 108 Å². The van der Waals surface area contributed by atoms with Crippen molar-refractivity contribution in [2.45, 2.75) is 193 Å². The summed E-state index contributed by atoms with van der Waals surface area (Å²) in [7, 11) is 6.77. The highest BCUT2D eigenvalue weighted by Crippen LogP contribution is 2.42. The molecule has 0 amide bonds. The van der Waals surface area contributed by atoms with E-state index in [1.165, 1.54) is 51.4 Å². The maximum atomic E-state index is 14.6. The van der Waals surface area contributed by atoms with E-state index in [-0.39, 0.29) is 43.6 Å². The Balaban J connectivity index is 1.87. The number of carbonyl (C=O) groups is 4. The average Bonchev–Trinajstić information content (AvgIpc) is 3.77. The number of hydrogen-bond donors (Lipinski definition) is 2. The third-order valence-electron chi connectivity index (χ3n) is 13.6. The number of aliphatic hydroxyl groups excluding tert-OH is 1. The van der Waals surface area contributed by atoms with Gasteiger partial charge in [-0.25, -0.2) is 14.3 Å². The van der Waals surface area contributed by atoms with E-state index in [4.69, 9.17) is 42.6 Å². The molecule has 0 bridgehead atoms. The van der Waals surface area contributed by atoms with Crippen molar-refractivity contribution in [3.8, 4) is 0 Å². The van der Waals surface area contributed by atoms with Crippen molar-refractivity contribution in [3.05, 3.63) is 18.7 Å². The first-order valence-corrected chi connectivity index (χ1v) is 22.2. The number of likely N-dealkylation sites (N-methyl/N-ethyl adjacent to an activating group) is 1. The molecule has 0 saturated carbocycles. The molecule has 1 aromatic heterocycles. The fraction of sp³-hybridized carbons (Fsp3) is 0.844. The number of ether oxygens (including phenoxy) is 9. The van der Waals surface area contributed by atoms with Crippen LogP contribution >= 0.6 is 0 Å². The van der Waals surface area contributed by atoms with Gasteiger partial charge < -0.3 is 57.7 Å². The Hall–Kier alpha value is -3.07. The summed E-state index contributed by atoms with van der Waals surface area (Å²) >= 11 is 0. The molecular weight excluding hydrogens is 823 g/mol. The summed E-state index contributed by atoms with van der Waals surface area (Å²) in [6, 6.07) is -0.304. The highest BCUT2D eigenvalue weighted by molar-refractivity contribution is 5.81. The Morgan fingerprint density at radius 3 is 2.13 bits per heavy atom. The number of cyclic esters (lactones) is 1. The van der Waals surface area contributed by atoms with Crippen molar-refractivity contribution >= 4 is 23.8 Å². The number of ketones is 1. The standard InChI is InChI=1S/C45H75N3O15/c1-16-33-45(11,54)37(51)24(2)19-32(50)25(3)21-43(9,55-14)38(62-41-36(59-30(8)49)31(47(12)13)20-26(4)57-41)27(5)35(28(6)40(52)60-33)61-34-22-44(10,56-15)39(29(7)58-34)63-42(53)48-18-17-46-23-48/h17-18,23-29,31,33-39,41,51,54H,16,19-22H2,1-15H3/t24-,25+,26+,27-,28+,29-,31-,33+,34-,35-,36+,37+,38+,39-,41-,43+,44+,45+/m0/s1. The molecule has 3 aliphatic rings. The van der Waals surface area contributed by atoms with Crippen LogP contribution < -0.4 is 0 Å². The minimum absolute atomic E-state index is 0.0397. The molecule has 3 saturated heterocycles. The number of Topliss-reactive ketones (excluding diaryl/α,β-unsaturated/α-hetero) is 1. The van der Waals surface area contributed by atoms with Gasteiger partial charge in [-0.2, -0.15) is 0 Å². The molecule has 18 atom stereocenters. The van der Waals surface area contributed by atoms with Gasteiger partial charge >= 0.3 is 18.0 Å². The predicted octanol–water partition coefficient (Wildman–Crippen LogP) is 4.29. The second-order valence-corrected chi connectivity index (χ2v) is 19.0. The van der Waals surface area contributed by atoms with Gasteiger partial charge in [-0.3, -0.25) is 14.4 Å². The topological polar surface area (TPSA) is 213 Å². The van der Waals surface area contributed by atoms with Crippen LogP contribution in [0, 0.1) is 23.7 Å². The largest absolute Gasteiger partial charge is 0.459 e. The molecule has 18 nitrogen and oxygen atoms in total. The number of aromatic nitrogens is 2. The summed E-state index contributed by atoms with van der Waals surface area (Å²) in [5, 5.41) is 23.3. The Bertz CT molecular complexity index is 1680. The summed E-state index contributed by atoms with van der Waals surface area (Å²) in [4.78, 5) is 60.2. The molecule has 4 rings (SSSR count). The van der Waals surface area contributed by atoms with Crippen molar-refractivity contribution in [1.29, 1.82) is 0 Å². The number of imidazole rings is 1. The van der Waals surface area contributed by atoms with Gasteiger partial charge in [0.05, 0.1) is 48.1 Å². The van der Waals surface area contributed by atoms with Crippen molar-refractivity contribution in [3.63, 3.8) is 0 Å². The van der Waals surface area contributed by atoms with Crippen LogP contribution in [-0.4, -0.2) is 161 Å². The van der Waals surface area contributed by atoms with Gasteiger partial charge in [0.15, 0.2) is 24.8 Å². The van der Waals surface area contributed by atoms with Crippen molar-refractivity contribution < 1.29 is 72.0 Å². The van der Waals surface area contributed by atoms with Crippen molar-refractivity contribution in [2.75, 3.05) is 28.3 Å². The number of carbonyl (C=O) groups excluding carboxylic acids is 4. The van der Waals surface area contributed by atoms with Crippen LogP contribution in [0.15, 0.2) is 18.7 Å². The van der Waals surface area contributed by atoms with Crippen LogP contribution in [0.5, 0.6) is 0 Å². The lowest BCUT2D eigenvalue weighted by atomic mass is 9.76. The summed E-state index contributed by atoms with van der Waals surface area (Å²) in [6.45, 7) is 18.6. The number of esters is 2. The molecule has 0 radical (unpaired) electrons. The second kappa shape index (κ2) is 21.5. The highest BCUT2D eigenvalue weighted by Gasteiger charge is 2.55. The maximum Gasteiger partial charge on any atom is 0.419 e. The SMILES string of the molecule is CC[C@H]1OC(=O)[C@H](C)[C@@H](O[C@H]2C[C@@](C)(OC)[C@@H](OC(=O)n3ccnc3)[C@H](C)O2)[C@H](C)[C@@H](O[C@@H]2O[C@H](C)C[C@H](N(C)C)[C@H]2OC(C)=O)[C@](C)(OC)C[C@@H](C)C(=O)C[C@H](C)[C@@H](O)[C@]1(C)O. The number of rotatable bonds is 10. The number of aliphatic hydroxyl groups is 2. The summed E-state index contributed by atoms with van der Waals surface area (Å²) in [5.41, 5.74) is -4.38. The monoisotopic (exact) mass is 898 g/mol. The van der Waals surface area contributed by atoms with Crippen LogP contribution in [-0.2, 0) is 57.0 Å². The molecule has 3 aliphatic heterocycles. The van der Waals surface area contributed by atoms with Crippen molar-refractivity contribution in [1.82, 2.24) is 14.5 Å². The first kappa shape index (κ1) is 52.6. The molecule has 0 aromatic carbocycles. The molecule has 0 aliphatic carbocycles. The van der Waals surface area contributed by atoms with E-state index in [0.29, 0.717) is 6.42 Å². The molecule has 2 N–H and O–H groups in total. The van der Waals surface area contributed by atoms with Crippen LogP contribution in [0.2, 0.25) is 0 Å². The minimum atomic E-state index is -1.93. The zero-order valence-corrected chi connectivity index (χ0v) is 40.0. The maximum absolute atomic E-state index is 14.6. The van der Waals surface area contributed by atoms with Gasteiger partial charge in [0.1, 0.15) is 29.4 Å². The van der Waals surface area contributed by atoms with Crippen molar-refractivity contribution in [2.24, 2.45) is 23.7 Å². The third-order valence-corrected chi connectivity index (χ3v) is 13.6. The molecule has 360 valence electrons. The zero-order valence-electron chi connectivity index (χ0n) is 40.0. The van der Waals surface area contributed by atoms with Gasteiger partial charge in [0.25, 0.3) is 0 Å². The number of nitrogens with zero attached hydrogens (tertiary/aromatic N) is 3. The second-order valence-electron chi connectivity index (χ2n) is 19.0. The summed E-state index contributed by atoms with van der Waals surface area (Å²) in [5.74, 6) is -4.72. The summed E-state index contributed by atoms with van der Waals surface area (Å²) < 4.78 is 58.4. The van der Waals surface area contributed by atoms with E-state index in [9.17, 15) is 29.4 Å². The minimum Gasteiger partial charge on any atom is -0.459 e. The molecule has 18 heteroatoms. The normalized spacial score (nSPS) is 42.5. The lowest BCUT2D eigenvalue weighted by Gasteiger charge is -2.50. The van der Waals surface area contributed by atoms with Gasteiger partial charge in [-0.15, -0.1) is 0 Å². The smallest absolute Gasteiger partial charge is 0.419 e. The highest BCUT2D eigenvalue weighted by atomic mass is 16.7. The molecule has 63 heavy (non-hydrogen) atoms. The van der Waals surface area contributed by atoms with E-state index in [0.717, 1.165) is 0 Å². The quantitative estimate of drug-likeness (QED) is 0.248. The average molecular weight is 898 g/mol. The summed E-state index contributed by atoms with van der Waals surface area (Å²) in [6.07, 6.45) is -5.53. The molecule has 3 fully saturated rings. The third kappa shape index (κ3) is 12.0. The molecule has 0 unspecified atom stereocenters. The van der Waals surface area contributed by atoms with Crippen LogP contribution in [0.4, 0.5) is 4.79 Å². The first-order valence-electron chi connectivity index (χ1n) is 22.2. The van der Waals surface area contributed by atoms with Gasteiger partial charge in [-0.1, -0.05) is 27.7 Å². The Morgan fingerprint density at radius 2 is 1.57 bits per heavy atom. The fourth-order valence-electron chi connectivity index (χ4n) is 9.74. The predicted molar refractivity (Wildman–Crippen MR) is 227 cm³/mol. The van der Waals surface area contributed by atoms with Gasteiger partial charge in [0, 0.05) is 58.2 Å². The van der Waals surface area contributed by atoms with E-state index >= 15 is 0 Å². The molecule has 1 aromatic rings. The molecule has 4 heterocycles. The van der Waals surface area contributed by atoms with Crippen LogP contribution in [0.25, 0.3) is 0 Å². The van der Waals surface area contributed by atoms with E-state index in [1.807, 2.05) is 39.8 Å². The lowest BCUT2D eigenvalue weighted by Crippen LogP contribution is -2.61. The van der Waals surface area contributed by atoms with E-state index in [2.05, 4.69) is 4.98 Å². The zero-order chi connectivity index (χ0) is 47.4. The Labute approximate surface area is 372 Å². The fourth-order valence-corrected chi connectivity index (χ4v) is 9.74. The van der Waals surface area contributed by atoms with Crippen LogP contribution in [0.3, 0.4) is 0 Å². The Morgan fingerprint density at radius 1 is 0.937 bits per heavy atom. The van der Waals surface area contributed by atoms with E-state index < -0.39 is 114 Å². The Kier molecular flexibility index (Phi) is 17.9. The van der Waals surface area contributed by atoms with Gasteiger partial charge in [-0.05, 0) is 80.8 Å².